The van der Waals surface area contributed by atoms with Crippen molar-refractivity contribution in [1.82, 2.24) is 5.32 Å². The molecule has 0 spiro atoms. The molecule has 0 aromatic heterocycles. The van der Waals surface area contributed by atoms with Crippen LogP contribution in [0.15, 0.2) is 40.2 Å². The molecule has 0 radical (unpaired) electrons. The van der Waals surface area contributed by atoms with E-state index in [0.717, 1.165) is 10.0 Å². The van der Waals surface area contributed by atoms with E-state index in [1.54, 1.807) is 12.1 Å². The van der Waals surface area contributed by atoms with Gasteiger partial charge in [0, 0.05) is 17.1 Å². The lowest BCUT2D eigenvalue weighted by molar-refractivity contribution is 0.513. The third kappa shape index (κ3) is 2.78. The highest BCUT2D eigenvalue weighted by Gasteiger charge is 2.29. The minimum Gasteiger partial charge on any atom is -0.305 e. The SMILES string of the molecule is C=C(Br)CNC1CCS(=O)(=O)c2ccccc21. The maximum atomic E-state index is 11.9. The highest BCUT2D eigenvalue weighted by Crippen LogP contribution is 2.31. The van der Waals surface area contributed by atoms with Crippen molar-refractivity contribution in [3.63, 3.8) is 0 Å². The number of hydrogen-bond donors (Lipinski definition) is 1. The molecule has 1 atom stereocenters. The molecule has 0 fully saturated rings. The van der Waals surface area contributed by atoms with Crippen LogP contribution in [-0.2, 0) is 9.84 Å². The van der Waals surface area contributed by atoms with E-state index in [1.807, 2.05) is 12.1 Å². The molecule has 2 rings (SSSR count). The molecular formula is C12H14BrNO2S. The second-order valence-electron chi connectivity index (χ2n) is 4.10. The van der Waals surface area contributed by atoms with Crippen LogP contribution < -0.4 is 5.32 Å². The molecule has 1 N–H and O–H groups in total. The van der Waals surface area contributed by atoms with E-state index in [9.17, 15) is 8.42 Å². The summed E-state index contributed by atoms with van der Waals surface area (Å²) in [4.78, 5) is 0.462. The summed E-state index contributed by atoms with van der Waals surface area (Å²) in [5, 5.41) is 3.30. The van der Waals surface area contributed by atoms with E-state index in [-0.39, 0.29) is 11.8 Å². The third-order valence-electron chi connectivity index (χ3n) is 2.85. The van der Waals surface area contributed by atoms with Crippen LogP contribution in [0.4, 0.5) is 0 Å². The fourth-order valence-corrected chi connectivity index (χ4v) is 3.82. The molecule has 0 amide bonds. The van der Waals surface area contributed by atoms with Gasteiger partial charge in [-0.05, 0) is 18.1 Å². The topological polar surface area (TPSA) is 46.2 Å². The zero-order chi connectivity index (χ0) is 12.5. The Morgan fingerprint density at radius 1 is 1.47 bits per heavy atom. The molecule has 5 heteroatoms. The lowest BCUT2D eigenvalue weighted by atomic mass is 10.0. The average Bonchev–Trinajstić information content (AvgIpc) is 2.28. The lowest BCUT2D eigenvalue weighted by Gasteiger charge is -2.26. The van der Waals surface area contributed by atoms with Crippen LogP contribution in [0.5, 0.6) is 0 Å². The smallest absolute Gasteiger partial charge is 0.178 e. The molecule has 1 heterocycles. The molecule has 0 saturated carbocycles. The Morgan fingerprint density at radius 3 is 2.88 bits per heavy atom. The molecular weight excluding hydrogens is 302 g/mol. The molecule has 1 aliphatic rings. The number of nitrogens with one attached hydrogen (secondary N) is 1. The van der Waals surface area contributed by atoms with Crippen LogP contribution in [0.3, 0.4) is 0 Å². The number of benzene rings is 1. The molecule has 17 heavy (non-hydrogen) atoms. The van der Waals surface area contributed by atoms with Crippen LogP contribution in [-0.4, -0.2) is 20.7 Å². The van der Waals surface area contributed by atoms with Crippen molar-refractivity contribution < 1.29 is 8.42 Å². The summed E-state index contributed by atoms with van der Waals surface area (Å²) in [6.45, 7) is 4.40. The van der Waals surface area contributed by atoms with E-state index in [0.29, 0.717) is 17.9 Å². The number of fused-ring (bicyclic) bond motifs is 1. The van der Waals surface area contributed by atoms with Crippen molar-refractivity contribution in [2.24, 2.45) is 0 Å². The van der Waals surface area contributed by atoms with Crippen molar-refractivity contribution in [2.45, 2.75) is 17.4 Å². The molecule has 1 aliphatic heterocycles. The minimum absolute atomic E-state index is 0.0871. The lowest BCUT2D eigenvalue weighted by Crippen LogP contribution is -2.30. The summed E-state index contributed by atoms with van der Waals surface area (Å²) in [6, 6.07) is 7.28. The van der Waals surface area contributed by atoms with Gasteiger partial charge in [0.1, 0.15) is 0 Å². The van der Waals surface area contributed by atoms with Gasteiger partial charge in [0.05, 0.1) is 10.6 Å². The average molecular weight is 316 g/mol. The van der Waals surface area contributed by atoms with Gasteiger partial charge in [0.2, 0.25) is 0 Å². The van der Waals surface area contributed by atoms with Crippen molar-refractivity contribution in [1.29, 1.82) is 0 Å². The Bertz CT molecular complexity index is 539. The number of halogens is 1. The summed E-state index contributed by atoms with van der Waals surface area (Å²) in [6.07, 6.45) is 0.611. The minimum atomic E-state index is -3.09. The van der Waals surface area contributed by atoms with E-state index in [1.165, 1.54) is 0 Å². The molecule has 92 valence electrons. The van der Waals surface area contributed by atoms with E-state index < -0.39 is 9.84 Å². The third-order valence-corrected chi connectivity index (χ3v) is 4.94. The van der Waals surface area contributed by atoms with E-state index in [2.05, 4.69) is 27.8 Å². The van der Waals surface area contributed by atoms with Gasteiger partial charge in [0.25, 0.3) is 0 Å². The van der Waals surface area contributed by atoms with Crippen LogP contribution in [0.25, 0.3) is 0 Å². The van der Waals surface area contributed by atoms with Gasteiger partial charge in [-0.2, -0.15) is 0 Å². The Balaban J connectivity index is 2.32. The zero-order valence-electron chi connectivity index (χ0n) is 9.32. The first-order valence-electron chi connectivity index (χ1n) is 5.39. The number of hydrogen-bond acceptors (Lipinski definition) is 3. The normalized spacial score (nSPS) is 21.8. The highest BCUT2D eigenvalue weighted by molar-refractivity contribution is 9.11. The maximum Gasteiger partial charge on any atom is 0.178 e. The fourth-order valence-electron chi connectivity index (χ4n) is 2.04. The monoisotopic (exact) mass is 315 g/mol. The molecule has 1 aromatic carbocycles. The Hall–Kier alpha value is -0.650. The molecule has 1 unspecified atom stereocenters. The molecule has 0 saturated heterocycles. The summed E-state index contributed by atoms with van der Waals surface area (Å²) < 4.78 is 24.7. The Morgan fingerprint density at radius 2 is 2.18 bits per heavy atom. The zero-order valence-corrected chi connectivity index (χ0v) is 11.7. The van der Waals surface area contributed by atoms with E-state index in [4.69, 9.17) is 0 Å². The van der Waals surface area contributed by atoms with E-state index >= 15 is 0 Å². The summed E-state index contributed by atoms with van der Waals surface area (Å²) in [5.74, 6) is 0.205. The molecule has 3 nitrogen and oxygen atoms in total. The predicted octanol–water partition coefficient (Wildman–Crippen LogP) is 2.40. The first-order valence-corrected chi connectivity index (χ1v) is 7.83. The standard InChI is InChI=1S/C12H14BrNO2S/c1-9(13)8-14-11-6-7-17(15,16)12-5-3-2-4-10(11)12/h2-5,11,14H,1,6-8H2. The van der Waals surface area contributed by atoms with Gasteiger partial charge >= 0.3 is 0 Å². The fraction of sp³-hybridized carbons (Fsp3) is 0.333. The van der Waals surface area contributed by atoms with Gasteiger partial charge < -0.3 is 5.32 Å². The van der Waals surface area contributed by atoms with Crippen molar-refractivity contribution >= 4 is 25.8 Å². The predicted molar refractivity (Wildman–Crippen MR) is 71.9 cm³/mol. The van der Waals surface area contributed by atoms with Crippen LogP contribution in [0, 0.1) is 0 Å². The second-order valence-corrected chi connectivity index (χ2v) is 7.30. The first-order chi connectivity index (χ1) is 8.00. The van der Waals surface area contributed by atoms with Crippen molar-refractivity contribution in [2.75, 3.05) is 12.3 Å². The highest BCUT2D eigenvalue weighted by atomic mass is 79.9. The molecule has 0 aliphatic carbocycles. The van der Waals surface area contributed by atoms with Gasteiger partial charge in [-0.25, -0.2) is 8.42 Å². The van der Waals surface area contributed by atoms with Gasteiger partial charge in [-0.1, -0.05) is 40.7 Å². The van der Waals surface area contributed by atoms with Crippen LogP contribution in [0.2, 0.25) is 0 Å². The number of rotatable bonds is 3. The van der Waals surface area contributed by atoms with Gasteiger partial charge in [-0.3, -0.25) is 0 Å². The molecule has 0 bridgehead atoms. The largest absolute Gasteiger partial charge is 0.305 e. The molecule has 1 aromatic rings. The van der Waals surface area contributed by atoms with Gasteiger partial charge in [0.15, 0.2) is 9.84 Å². The second kappa shape index (κ2) is 4.92. The maximum absolute atomic E-state index is 11.9. The summed E-state index contributed by atoms with van der Waals surface area (Å²) >= 11 is 3.29. The van der Waals surface area contributed by atoms with Crippen LogP contribution >= 0.6 is 15.9 Å². The Kier molecular flexibility index (Phi) is 3.70. The first kappa shape index (κ1) is 12.8. The number of sulfone groups is 1. The summed E-state index contributed by atoms with van der Waals surface area (Å²) in [5.41, 5.74) is 0.868. The quantitative estimate of drug-likeness (QED) is 0.931. The Labute approximate surface area is 110 Å². The summed E-state index contributed by atoms with van der Waals surface area (Å²) in [7, 11) is -3.09. The van der Waals surface area contributed by atoms with Crippen LogP contribution in [0.1, 0.15) is 18.0 Å². The van der Waals surface area contributed by atoms with Crippen molar-refractivity contribution in [3.8, 4) is 0 Å². The van der Waals surface area contributed by atoms with Gasteiger partial charge in [-0.15, -0.1) is 0 Å². The van der Waals surface area contributed by atoms with Crippen molar-refractivity contribution in [3.05, 3.63) is 40.9 Å².